The molecule has 3 saturated heterocycles. The predicted octanol–water partition coefficient (Wildman–Crippen LogP) is -7.57. The van der Waals surface area contributed by atoms with Crippen LogP contribution in [-0.4, -0.2) is 168 Å². The van der Waals surface area contributed by atoms with Crippen LogP contribution in [0.2, 0.25) is 0 Å². The molecular weight excluding hydrogens is 472 g/mol. The van der Waals surface area contributed by atoms with Crippen molar-refractivity contribution in [2.24, 2.45) is 0 Å². The van der Waals surface area contributed by atoms with Gasteiger partial charge in [0.2, 0.25) is 0 Å². The summed E-state index contributed by atoms with van der Waals surface area (Å²) in [4.78, 5) is 0. The van der Waals surface area contributed by atoms with Crippen LogP contribution in [0.1, 0.15) is 0 Å². The zero-order chi connectivity index (χ0) is 25.3. The minimum absolute atomic E-state index is 0.609. The molecule has 15 atom stereocenters. The van der Waals surface area contributed by atoms with E-state index in [2.05, 4.69) is 0 Å². The van der Waals surface area contributed by atoms with Crippen molar-refractivity contribution in [2.75, 3.05) is 19.8 Å². The van der Waals surface area contributed by atoms with Crippen LogP contribution in [0.5, 0.6) is 0 Å². The molecule has 3 heterocycles. The third-order valence-electron chi connectivity index (χ3n) is 6.07. The fourth-order valence-corrected chi connectivity index (χ4v) is 3.94. The van der Waals surface area contributed by atoms with Crippen LogP contribution in [0.25, 0.3) is 0 Å². The van der Waals surface area contributed by atoms with Crippen LogP contribution in [0.15, 0.2) is 0 Å². The maximum Gasteiger partial charge on any atom is 0.187 e. The molecule has 0 bridgehead atoms. The van der Waals surface area contributed by atoms with E-state index in [0.29, 0.717) is 0 Å². The summed E-state index contributed by atoms with van der Waals surface area (Å²) in [5.74, 6) is 0. The molecule has 0 aromatic heterocycles. The van der Waals surface area contributed by atoms with Gasteiger partial charge in [-0.1, -0.05) is 0 Å². The summed E-state index contributed by atoms with van der Waals surface area (Å²) in [7, 11) is 0. The first-order valence-corrected chi connectivity index (χ1v) is 10.6. The van der Waals surface area contributed by atoms with E-state index in [9.17, 15) is 56.2 Å². The Morgan fingerprint density at radius 2 is 1.00 bits per heavy atom. The topological polar surface area (TPSA) is 269 Å². The second-order valence-electron chi connectivity index (χ2n) is 8.37. The minimum Gasteiger partial charge on any atom is -0.394 e. The summed E-state index contributed by atoms with van der Waals surface area (Å²) >= 11 is 0. The minimum atomic E-state index is -1.93. The number of hydrogen-bond acceptors (Lipinski definition) is 16. The van der Waals surface area contributed by atoms with E-state index in [4.69, 9.17) is 23.7 Å². The number of rotatable bonds is 7. The SMILES string of the molecule is OC[C@H]1O[C@H](OC[C@H]2O[C@H](O)[C@@H](O)[C@@H](O[C@H]3O[C@H](CO)[C@@H](O)[C@H](O)C3O)[C@@H]2O)[C@@H](O)[C@@H](O)[C@@H]1O. The standard InChI is InChI=1S/C18H32O16/c19-1-4-7(21)10(24)12(26)17(32-4)30-3-6-9(23)15(14(28)16(29)31-6)34-18-13(27)11(25)8(22)5(2-20)33-18/h4-29H,1-3H2/t4-,5-,6-,7-,8-,9-,10+,11+,12+,13?,14+,15+,16+,17+,18-/m1/s1. The van der Waals surface area contributed by atoms with Crippen LogP contribution in [-0.2, 0) is 23.7 Å². The van der Waals surface area contributed by atoms with Crippen LogP contribution in [0, 0.1) is 0 Å². The Hall–Kier alpha value is -0.640. The molecule has 11 N–H and O–H groups in total. The van der Waals surface area contributed by atoms with Crippen LogP contribution < -0.4 is 0 Å². The van der Waals surface area contributed by atoms with Gasteiger partial charge in [-0.25, -0.2) is 0 Å². The number of hydrogen-bond donors (Lipinski definition) is 11. The van der Waals surface area contributed by atoms with Gasteiger partial charge >= 0.3 is 0 Å². The predicted molar refractivity (Wildman–Crippen MR) is 101 cm³/mol. The van der Waals surface area contributed by atoms with Gasteiger partial charge in [-0.05, 0) is 0 Å². The van der Waals surface area contributed by atoms with Gasteiger partial charge < -0.3 is 79.9 Å². The Kier molecular flexibility index (Phi) is 9.54. The van der Waals surface area contributed by atoms with Gasteiger partial charge in [0.15, 0.2) is 18.9 Å². The zero-order valence-corrected chi connectivity index (χ0v) is 17.7. The Morgan fingerprint density at radius 1 is 0.500 bits per heavy atom. The molecule has 0 radical (unpaired) electrons. The molecule has 0 saturated carbocycles. The average molecular weight is 504 g/mol. The van der Waals surface area contributed by atoms with Crippen molar-refractivity contribution in [1.82, 2.24) is 0 Å². The van der Waals surface area contributed by atoms with Crippen molar-refractivity contribution in [3.8, 4) is 0 Å². The molecule has 0 aliphatic carbocycles. The van der Waals surface area contributed by atoms with E-state index < -0.39 is 112 Å². The Morgan fingerprint density at radius 3 is 1.53 bits per heavy atom. The number of aliphatic hydroxyl groups excluding tert-OH is 11. The van der Waals surface area contributed by atoms with Gasteiger partial charge in [0.25, 0.3) is 0 Å². The van der Waals surface area contributed by atoms with Crippen LogP contribution >= 0.6 is 0 Å². The highest BCUT2D eigenvalue weighted by atomic mass is 16.7. The van der Waals surface area contributed by atoms with E-state index in [-0.39, 0.29) is 0 Å². The van der Waals surface area contributed by atoms with E-state index >= 15 is 0 Å². The van der Waals surface area contributed by atoms with Crippen molar-refractivity contribution in [2.45, 2.75) is 92.1 Å². The molecule has 0 aromatic carbocycles. The highest BCUT2D eigenvalue weighted by molar-refractivity contribution is 4.94. The van der Waals surface area contributed by atoms with Crippen molar-refractivity contribution >= 4 is 0 Å². The van der Waals surface area contributed by atoms with E-state index in [1.165, 1.54) is 0 Å². The third kappa shape index (κ3) is 5.52. The van der Waals surface area contributed by atoms with Gasteiger partial charge in [0.1, 0.15) is 73.2 Å². The molecule has 0 aromatic rings. The van der Waals surface area contributed by atoms with Crippen molar-refractivity contribution in [1.29, 1.82) is 0 Å². The zero-order valence-electron chi connectivity index (χ0n) is 17.7. The molecule has 3 aliphatic rings. The highest BCUT2D eigenvalue weighted by Gasteiger charge is 2.51. The summed E-state index contributed by atoms with van der Waals surface area (Å²) in [6.45, 7) is -2.06. The Labute approximate surface area is 192 Å². The molecular formula is C18H32O16. The lowest BCUT2D eigenvalue weighted by molar-refractivity contribution is -0.361. The molecule has 200 valence electrons. The largest absolute Gasteiger partial charge is 0.394 e. The lowest BCUT2D eigenvalue weighted by atomic mass is 9.97. The lowest BCUT2D eigenvalue weighted by Crippen LogP contribution is -2.65. The van der Waals surface area contributed by atoms with Crippen molar-refractivity contribution in [3.63, 3.8) is 0 Å². The van der Waals surface area contributed by atoms with Gasteiger partial charge in [-0.15, -0.1) is 0 Å². The van der Waals surface area contributed by atoms with Gasteiger partial charge in [0, 0.05) is 0 Å². The summed E-state index contributed by atoms with van der Waals surface area (Å²) in [6, 6.07) is 0. The number of ether oxygens (including phenoxy) is 5. The smallest absolute Gasteiger partial charge is 0.187 e. The highest BCUT2D eigenvalue weighted by Crippen LogP contribution is 2.29. The molecule has 0 spiro atoms. The average Bonchev–Trinajstić information content (AvgIpc) is 2.82. The second kappa shape index (κ2) is 11.6. The maximum atomic E-state index is 10.6. The van der Waals surface area contributed by atoms with Crippen LogP contribution in [0.4, 0.5) is 0 Å². The summed E-state index contributed by atoms with van der Waals surface area (Å²) in [5.41, 5.74) is 0. The quantitative estimate of drug-likeness (QED) is 0.154. The molecule has 3 fully saturated rings. The molecule has 0 amide bonds. The first kappa shape index (κ1) is 27.9. The molecule has 16 heteroatoms. The van der Waals surface area contributed by atoms with E-state index in [1.54, 1.807) is 0 Å². The molecule has 1 unspecified atom stereocenters. The molecule has 3 rings (SSSR count). The fourth-order valence-electron chi connectivity index (χ4n) is 3.94. The number of aliphatic hydroxyl groups is 11. The van der Waals surface area contributed by atoms with E-state index in [1.807, 2.05) is 0 Å². The first-order valence-electron chi connectivity index (χ1n) is 10.6. The fraction of sp³-hybridized carbons (Fsp3) is 1.00. The van der Waals surface area contributed by atoms with Gasteiger partial charge in [0.05, 0.1) is 19.8 Å². The van der Waals surface area contributed by atoms with Gasteiger partial charge in [-0.3, -0.25) is 0 Å². The third-order valence-corrected chi connectivity index (χ3v) is 6.07. The summed E-state index contributed by atoms with van der Waals surface area (Å²) < 4.78 is 26.1. The Balaban J connectivity index is 1.65. The monoisotopic (exact) mass is 504 g/mol. The van der Waals surface area contributed by atoms with Crippen LogP contribution in [0.3, 0.4) is 0 Å². The normalized spacial score (nSPS) is 52.5. The lowest BCUT2D eigenvalue weighted by Gasteiger charge is -2.45. The molecule has 34 heavy (non-hydrogen) atoms. The van der Waals surface area contributed by atoms with E-state index in [0.717, 1.165) is 0 Å². The molecule has 3 aliphatic heterocycles. The van der Waals surface area contributed by atoms with Gasteiger partial charge in [-0.2, -0.15) is 0 Å². The van der Waals surface area contributed by atoms with Crippen molar-refractivity contribution in [3.05, 3.63) is 0 Å². The second-order valence-corrected chi connectivity index (χ2v) is 8.37. The summed E-state index contributed by atoms with van der Waals surface area (Å²) in [5, 5.41) is 109. The maximum absolute atomic E-state index is 10.6. The Bertz CT molecular complexity index is 637. The summed E-state index contributed by atoms with van der Waals surface area (Å²) in [6.07, 6.45) is -24.9. The molecule has 16 nitrogen and oxygen atoms in total. The first-order chi connectivity index (χ1) is 16.0. The van der Waals surface area contributed by atoms with Crippen molar-refractivity contribution < 1.29 is 79.9 Å².